The molecule has 1 aliphatic heterocycles. The number of piperidine rings is 1. The first-order chi connectivity index (χ1) is 11.9. The molecule has 2 heterocycles. The second kappa shape index (κ2) is 7.14. The van der Waals surface area contributed by atoms with E-state index in [-0.39, 0.29) is 6.04 Å². The Labute approximate surface area is 150 Å². The van der Waals surface area contributed by atoms with Crippen LogP contribution in [-0.2, 0) is 10.0 Å². The minimum atomic E-state index is -3.52. The fraction of sp³-hybridized carbons (Fsp3) is 0.421. The van der Waals surface area contributed by atoms with Gasteiger partial charge in [0.05, 0.1) is 10.9 Å². The van der Waals surface area contributed by atoms with Crippen molar-refractivity contribution < 1.29 is 8.42 Å². The third-order valence-corrected chi connectivity index (χ3v) is 6.77. The maximum atomic E-state index is 13.2. The number of aryl methyl sites for hydroxylation is 2. The van der Waals surface area contributed by atoms with Crippen LogP contribution < -0.4 is 5.32 Å². The maximum absolute atomic E-state index is 13.2. The molecule has 0 radical (unpaired) electrons. The van der Waals surface area contributed by atoms with Crippen LogP contribution in [0.25, 0.3) is 0 Å². The van der Waals surface area contributed by atoms with E-state index in [4.69, 9.17) is 0 Å². The lowest BCUT2D eigenvalue weighted by Crippen LogP contribution is -2.38. The van der Waals surface area contributed by atoms with Crippen LogP contribution in [0.15, 0.2) is 41.4 Å². The number of nitrogens with zero attached hydrogens (tertiary/aromatic N) is 2. The molecule has 134 valence electrons. The smallest absolute Gasteiger partial charge is 0.243 e. The average molecular weight is 359 g/mol. The molecule has 0 saturated carbocycles. The van der Waals surface area contributed by atoms with Crippen molar-refractivity contribution in [2.24, 2.45) is 0 Å². The molecule has 1 aromatic carbocycles. The lowest BCUT2D eigenvalue weighted by atomic mass is 9.95. The first-order valence-corrected chi connectivity index (χ1v) is 10.1. The largest absolute Gasteiger partial charge is 0.373 e. The quantitative estimate of drug-likeness (QED) is 0.905. The predicted molar refractivity (Wildman–Crippen MR) is 100 cm³/mol. The Hall–Kier alpha value is -1.92. The third kappa shape index (κ3) is 3.55. The molecule has 1 aromatic heterocycles. The van der Waals surface area contributed by atoms with Gasteiger partial charge >= 0.3 is 0 Å². The molecular formula is C19H25N3O2S. The van der Waals surface area contributed by atoms with E-state index in [9.17, 15) is 8.42 Å². The van der Waals surface area contributed by atoms with Gasteiger partial charge in [0.15, 0.2) is 0 Å². The zero-order valence-electron chi connectivity index (χ0n) is 15.0. The SMILES string of the molecule is CNc1cc(C)c([C@H]2CCCCN2S(=O)(=O)c2ccc(C)cc2)cn1. The van der Waals surface area contributed by atoms with E-state index in [0.29, 0.717) is 11.4 Å². The molecule has 1 aliphatic rings. The summed E-state index contributed by atoms with van der Waals surface area (Å²) in [4.78, 5) is 4.76. The summed E-state index contributed by atoms with van der Waals surface area (Å²) >= 11 is 0. The van der Waals surface area contributed by atoms with Gasteiger partial charge < -0.3 is 5.32 Å². The molecule has 6 heteroatoms. The molecule has 0 aliphatic carbocycles. The highest BCUT2D eigenvalue weighted by molar-refractivity contribution is 7.89. The molecule has 0 amide bonds. The van der Waals surface area contributed by atoms with Crippen LogP contribution in [0.1, 0.15) is 42.0 Å². The Morgan fingerprint density at radius 3 is 2.52 bits per heavy atom. The van der Waals surface area contributed by atoms with Crippen molar-refractivity contribution in [1.82, 2.24) is 9.29 Å². The standard InChI is InChI=1S/C19H25N3O2S/c1-14-7-9-16(10-8-14)25(23,24)22-11-5-4-6-18(22)17-13-21-19(20-3)12-15(17)2/h7-10,12-13,18H,4-6,11H2,1-3H3,(H,20,21)/t18-/m1/s1. The summed E-state index contributed by atoms with van der Waals surface area (Å²) in [7, 11) is -1.69. The lowest BCUT2D eigenvalue weighted by molar-refractivity contribution is 0.255. The zero-order chi connectivity index (χ0) is 18.0. The Kier molecular flexibility index (Phi) is 5.11. The van der Waals surface area contributed by atoms with Crippen molar-refractivity contribution in [3.05, 3.63) is 53.2 Å². The summed E-state index contributed by atoms with van der Waals surface area (Å²) in [6.45, 7) is 4.52. The van der Waals surface area contributed by atoms with E-state index in [1.54, 1.807) is 16.4 Å². The summed E-state index contributed by atoms with van der Waals surface area (Å²) in [6, 6.07) is 8.91. The van der Waals surface area contributed by atoms with Gasteiger partial charge in [-0.2, -0.15) is 4.31 Å². The first kappa shape index (κ1) is 17.9. The molecule has 5 nitrogen and oxygen atoms in total. The summed E-state index contributed by atoms with van der Waals surface area (Å²) in [5, 5.41) is 3.03. The van der Waals surface area contributed by atoms with Gasteiger partial charge in [0.2, 0.25) is 10.0 Å². The fourth-order valence-electron chi connectivity index (χ4n) is 3.40. The normalized spacial score (nSPS) is 18.9. The molecule has 0 unspecified atom stereocenters. The fourth-order valence-corrected chi connectivity index (χ4v) is 5.08. The minimum absolute atomic E-state index is 0.154. The molecule has 2 aromatic rings. The molecule has 3 rings (SSSR count). The van der Waals surface area contributed by atoms with E-state index in [0.717, 1.165) is 41.8 Å². The topological polar surface area (TPSA) is 62.3 Å². The first-order valence-electron chi connectivity index (χ1n) is 8.66. The number of hydrogen-bond acceptors (Lipinski definition) is 4. The number of benzene rings is 1. The van der Waals surface area contributed by atoms with Crippen molar-refractivity contribution in [3.63, 3.8) is 0 Å². The highest BCUT2D eigenvalue weighted by Gasteiger charge is 2.35. The molecule has 1 atom stereocenters. The number of anilines is 1. The van der Waals surface area contributed by atoms with Gasteiger partial charge in [0.1, 0.15) is 5.82 Å². The van der Waals surface area contributed by atoms with Crippen LogP contribution in [0.5, 0.6) is 0 Å². The van der Waals surface area contributed by atoms with Gasteiger partial charge in [-0.25, -0.2) is 13.4 Å². The summed E-state index contributed by atoms with van der Waals surface area (Å²) in [6.07, 6.45) is 4.56. The van der Waals surface area contributed by atoms with E-state index in [1.807, 2.05) is 45.3 Å². The van der Waals surface area contributed by atoms with E-state index in [2.05, 4.69) is 10.3 Å². The van der Waals surface area contributed by atoms with Gasteiger partial charge in [0.25, 0.3) is 0 Å². The van der Waals surface area contributed by atoms with Crippen molar-refractivity contribution in [2.75, 3.05) is 18.9 Å². The van der Waals surface area contributed by atoms with Gasteiger partial charge in [-0.05, 0) is 56.0 Å². The van der Waals surface area contributed by atoms with Crippen molar-refractivity contribution >= 4 is 15.8 Å². The second-order valence-electron chi connectivity index (χ2n) is 6.62. The molecule has 1 fully saturated rings. The van der Waals surface area contributed by atoms with Gasteiger partial charge in [-0.3, -0.25) is 0 Å². The molecule has 25 heavy (non-hydrogen) atoms. The van der Waals surface area contributed by atoms with E-state index < -0.39 is 10.0 Å². The summed E-state index contributed by atoms with van der Waals surface area (Å²) < 4.78 is 28.1. The Bertz CT molecular complexity index is 847. The number of pyridine rings is 1. The van der Waals surface area contributed by atoms with Gasteiger partial charge in [-0.15, -0.1) is 0 Å². The number of hydrogen-bond donors (Lipinski definition) is 1. The van der Waals surface area contributed by atoms with Crippen LogP contribution in [-0.4, -0.2) is 31.3 Å². The van der Waals surface area contributed by atoms with Crippen molar-refractivity contribution in [3.8, 4) is 0 Å². The van der Waals surface area contributed by atoms with Gasteiger partial charge in [0, 0.05) is 19.8 Å². The summed E-state index contributed by atoms with van der Waals surface area (Å²) in [5.74, 6) is 0.796. The van der Waals surface area contributed by atoms with E-state index in [1.165, 1.54) is 0 Å². The van der Waals surface area contributed by atoms with Crippen LogP contribution in [0, 0.1) is 13.8 Å². The molecule has 0 spiro atoms. The Balaban J connectivity index is 2.00. The zero-order valence-corrected chi connectivity index (χ0v) is 15.8. The highest BCUT2D eigenvalue weighted by Crippen LogP contribution is 2.36. The van der Waals surface area contributed by atoms with Crippen LogP contribution in [0.2, 0.25) is 0 Å². The van der Waals surface area contributed by atoms with Gasteiger partial charge in [-0.1, -0.05) is 24.1 Å². The molecule has 0 bridgehead atoms. The molecule has 1 N–H and O–H groups in total. The predicted octanol–water partition coefficient (Wildman–Crippen LogP) is 3.66. The minimum Gasteiger partial charge on any atom is -0.373 e. The second-order valence-corrected chi connectivity index (χ2v) is 8.51. The van der Waals surface area contributed by atoms with Crippen molar-refractivity contribution in [1.29, 1.82) is 0 Å². The Morgan fingerprint density at radius 1 is 1.16 bits per heavy atom. The monoisotopic (exact) mass is 359 g/mol. The van der Waals surface area contributed by atoms with Crippen molar-refractivity contribution in [2.45, 2.75) is 44.0 Å². The highest BCUT2D eigenvalue weighted by atomic mass is 32.2. The lowest BCUT2D eigenvalue weighted by Gasteiger charge is -2.35. The number of rotatable bonds is 4. The third-order valence-electron chi connectivity index (χ3n) is 4.85. The number of aromatic nitrogens is 1. The number of sulfonamides is 1. The van der Waals surface area contributed by atoms with E-state index >= 15 is 0 Å². The maximum Gasteiger partial charge on any atom is 0.243 e. The summed E-state index contributed by atoms with van der Waals surface area (Å²) in [5.41, 5.74) is 3.11. The van der Waals surface area contributed by atoms with Crippen LogP contribution in [0.3, 0.4) is 0 Å². The average Bonchev–Trinajstić information content (AvgIpc) is 2.62. The molecular weight excluding hydrogens is 334 g/mol. The van der Waals surface area contributed by atoms with Crippen LogP contribution in [0.4, 0.5) is 5.82 Å². The molecule has 1 saturated heterocycles. The number of nitrogens with one attached hydrogen (secondary N) is 1. The van der Waals surface area contributed by atoms with Crippen LogP contribution >= 0.6 is 0 Å². The Morgan fingerprint density at radius 2 is 1.88 bits per heavy atom.